The van der Waals surface area contributed by atoms with E-state index in [-0.39, 0.29) is 0 Å². The lowest BCUT2D eigenvalue weighted by Crippen LogP contribution is -2.28. The Morgan fingerprint density at radius 2 is 1.10 bits per heavy atom. The molecule has 5 N–H and O–H groups in total. The fourth-order valence-corrected chi connectivity index (χ4v) is 0. The maximum absolute atomic E-state index is 8.74. The molecule has 0 rings (SSSR count). The number of hydrogen-bond acceptors (Lipinski definition) is 6. The molecule has 0 saturated carbocycles. The second-order valence-corrected chi connectivity index (χ2v) is 1.86. The summed E-state index contributed by atoms with van der Waals surface area (Å²) >= 11 is 0. The zero-order chi connectivity index (χ0) is 9.00. The summed E-state index contributed by atoms with van der Waals surface area (Å²) in [6.07, 6.45) is 0. The summed E-state index contributed by atoms with van der Waals surface area (Å²) in [5.74, 6) is 0. The van der Waals surface area contributed by atoms with Crippen LogP contribution in [0, 0.1) is 5.21 Å². The molecule has 0 saturated heterocycles. The van der Waals surface area contributed by atoms with Crippen molar-refractivity contribution in [1.29, 1.82) is 0 Å². The Bertz CT molecular complexity index is 144. The van der Waals surface area contributed by atoms with Crippen molar-refractivity contribution in [2.24, 2.45) is 0 Å². The standard InChI is InChI=1S/H3NO4.H2O4S/c2-1(3,4)5;1-5(2,3)4/h2-4H;(H2,1,2,3,4). The summed E-state index contributed by atoms with van der Waals surface area (Å²) in [7, 11) is -4.67. The third-order valence-corrected chi connectivity index (χ3v) is 0. The second-order valence-electron chi connectivity index (χ2n) is 0.961. The molecular weight excluding hydrogens is 174 g/mol. The van der Waals surface area contributed by atoms with E-state index < -0.39 is 15.5 Å². The van der Waals surface area contributed by atoms with Gasteiger partial charge in [-0.15, -0.1) is 15.6 Å². The summed E-state index contributed by atoms with van der Waals surface area (Å²) in [6, 6.07) is 0. The average molecular weight is 179 g/mol. The molecule has 9 nitrogen and oxygen atoms in total. The van der Waals surface area contributed by atoms with E-state index in [4.69, 9.17) is 38.4 Å². The van der Waals surface area contributed by atoms with Crippen LogP contribution in [0.5, 0.6) is 0 Å². The van der Waals surface area contributed by atoms with Gasteiger partial charge in [-0.3, -0.25) is 9.11 Å². The van der Waals surface area contributed by atoms with Crippen LogP contribution in [-0.2, 0) is 10.4 Å². The van der Waals surface area contributed by atoms with E-state index in [1.807, 2.05) is 0 Å². The van der Waals surface area contributed by atoms with Crippen LogP contribution >= 0.6 is 0 Å². The average Bonchev–Trinajstić information content (AvgIpc) is 1.12. The minimum Gasteiger partial charge on any atom is -0.529 e. The Labute approximate surface area is 55.0 Å². The van der Waals surface area contributed by atoms with Crippen LogP contribution in [0.4, 0.5) is 0 Å². The first-order chi connectivity index (χ1) is 4.00. The fraction of sp³-hybridized carbons (Fsp3) is 0. The highest BCUT2D eigenvalue weighted by Crippen LogP contribution is 1.73. The molecule has 0 atom stereocenters. The number of rotatable bonds is 0. The molecule has 0 unspecified atom stereocenters. The van der Waals surface area contributed by atoms with Gasteiger partial charge in [0.15, 0.2) is 0 Å². The predicted octanol–water partition coefficient (Wildman–Crippen LogP) is -1.18. The van der Waals surface area contributed by atoms with Gasteiger partial charge in [0.05, 0.1) is 5.14 Å². The molecule has 64 valence electrons. The van der Waals surface area contributed by atoms with E-state index in [9.17, 15) is 0 Å². The Hall–Kier alpha value is -0.330. The van der Waals surface area contributed by atoms with Crippen LogP contribution in [-0.4, -0.2) is 38.3 Å². The molecule has 0 bridgehead atoms. The first kappa shape index (κ1) is 12.4. The minimum absolute atomic E-state index is 3.25. The molecule has 0 aromatic rings. The normalized spacial score (nSPS) is 11.8. The van der Waals surface area contributed by atoms with Crippen molar-refractivity contribution in [2.75, 3.05) is 0 Å². The minimum atomic E-state index is -4.67. The van der Waals surface area contributed by atoms with E-state index in [0.717, 1.165) is 0 Å². The predicted molar refractivity (Wildman–Crippen MR) is 23.2 cm³/mol. The van der Waals surface area contributed by atoms with E-state index in [1.165, 1.54) is 0 Å². The molecule has 0 aromatic heterocycles. The van der Waals surface area contributed by atoms with E-state index >= 15 is 0 Å². The van der Waals surface area contributed by atoms with Crippen molar-refractivity contribution in [3.8, 4) is 0 Å². The third kappa shape index (κ3) is 3130. The molecule has 0 aromatic carbocycles. The molecule has 0 aliphatic rings. The SMILES string of the molecule is O=S(=O)(O)O.[O-][N+](O)(O)O. The van der Waals surface area contributed by atoms with Crippen molar-refractivity contribution in [3.05, 3.63) is 5.21 Å². The molecule has 0 aliphatic heterocycles. The molecule has 0 radical (unpaired) electrons. The van der Waals surface area contributed by atoms with Gasteiger partial charge in [0.25, 0.3) is 0 Å². The largest absolute Gasteiger partial charge is 0.529 e. The van der Waals surface area contributed by atoms with Crippen LogP contribution in [0.1, 0.15) is 0 Å². The Balaban J connectivity index is 0. The van der Waals surface area contributed by atoms with Gasteiger partial charge in [-0.1, -0.05) is 0 Å². The van der Waals surface area contributed by atoms with E-state index in [0.29, 0.717) is 0 Å². The van der Waals surface area contributed by atoms with Gasteiger partial charge in [0, 0.05) is 0 Å². The van der Waals surface area contributed by atoms with Gasteiger partial charge in [0.2, 0.25) is 0 Å². The lowest BCUT2D eigenvalue weighted by molar-refractivity contribution is -1.34. The van der Waals surface area contributed by atoms with Gasteiger partial charge < -0.3 is 5.21 Å². The summed E-state index contributed by atoms with van der Waals surface area (Å²) < 4.78 is 31.6. The van der Waals surface area contributed by atoms with Gasteiger partial charge in [-0.25, -0.2) is 0 Å². The van der Waals surface area contributed by atoms with Crippen molar-refractivity contribution >= 4 is 10.4 Å². The summed E-state index contributed by atoms with van der Waals surface area (Å²) in [6.45, 7) is 0. The van der Waals surface area contributed by atoms with Crippen LogP contribution in [0.3, 0.4) is 0 Å². The Morgan fingerprint density at radius 1 is 1.10 bits per heavy atom. The highest BCUT2D eigenvalue weighted by molar-refractivity contribution is 7.79. The topological polar surface area (TPSA) is 158 Å². The summed E-state index contributed by atoms with van der Waals surface area (Å²) in [4.78, 5) is 0. The van der Waals surface area contributed by atoms with Gasteiger partial charge >= 0.3 is 10.4 Å². The van der Waals surface area contributed by atoms with E-state index in [1.54, 1.807) is 0 Å². The zero-order valence-electron chi connectivity index (χ0n) is 4.32. The summed E-state index contributed by atoms with van der Waals surface area (Å²) in [5.41, 5.74) is 0. The molecule has 10 heavy (non-hydrogen) atoms. The molecule has 0 heterocycles. The van der Waals surface area contributed by atoms with Crippen molar-refractivity contribution in [2.45, 2.75) is 0 Å². The molecule has 0 amide bonds. The fourth-order valence-electron chi connectivity index (χ4n) is 0. The first-order valence-corrected chi connectivity index (χ1v) is 2.88. The first-order valence-electron chi connectivity index (χ1n) is 1.48. The highest BCUT2D eigenvalue weighted by Gasteiger charge is 1.93. The maximum atomic E-state index is 8.74. The molecule has 0 aliphatic carbocycles. The summed E-state index contributed by atoms with van der Waals surface area (Å²) in [5, 5.41) is 26.5. The van der Waals surface area contributed by atoms with Gasteiger partial charge in [-0.2, -0.15) is 8.42 Å². The van der Waals surface area contributed by atoms with Crippen LogP contribution in [0.15, 0.2) is 0 Å². The quantitative estimate of drug-likeness (QED) is 0.176. The van der Waals surface area contributed by atoms with Gasteiger partial charge in [0.1, 0.15) is 0 Å². The van der Waals surface area contributed by atoms with Crippen LogP contribution < -0.4 is 0 Å². The zero-order valence-corrected chi connectivity index (χ0v) is 5.13. The third-order valence-electron chi connectivity index (χ3n) is 0. The molecule has 10 heteroatoms. The van der Waals surface area contributed by atoms with Crippen molar-refractivity contribution < 1.29 is 38.3 Å². The van der Waals surface area contributed by atoms with Crippen LogP contribution in [0.25, 0.3) is 0 Å². The monoisotopic (exact) mass is 179 g/mol. The van der Waals surface area contributed by atoms with Gasteiger partial charge in [-0.05, 0) is 0 Å². The Morgan fingerprint density at radius 3 is 1.10 bits per heavy atom. The van der Waals surface area contributed by atoms with Crippen molar-refractivity contribution in [3.63, 3.8) is 0 Å². The van der Waals surface area contributed by atoms with E-state index in [2.05, 4.69) is 0 Å². The number of hydrogen-bond donors (Lipinski definition) is 5. The lowest BCUT2D eigenvalue weighted by atomic mass is 12.8. The maximum Gasteiger partial charge on any atom is 0.394 e. The molecular formula is H5NO8S. The van der Waals surface area contributed by atoms with Crippen molar-refractivity contribution in [1.82, 2.24) is 0 Å². The Kier molecular flexibility index (Phi) is 4.63. The number of quaternary nitrogens is 1. The molecule has 0 fully saturated rings. The lowest BCUT2D eigenvalue weighted by Gasteiger charge is -2.10. The smallest absolute Gasteiger partial charge is 0.394 e. The molecule has 0 spiro atoms. The van der Waals surface area contributed by atoms with Crippen LogP contribution in [0.2, 0.25) is 0 Å². The number of nitrogens with zero attached hydrogens (tertiary/aromatic N) is 1. The highest BCUT2D eigenvalue weighted by atomic mass is 32.3. The second kappa shape index (κ2) is 3.75.